The first kappa shape index (κ1) is 23.3. The fourth-order valence-corrected chi connectivity index (χ4v) is 4.52. The molecule has 1 aliphatic carbocycles. The first-order chi connectivity index (χ1) is 15.2. The zero-order chi connectivity index (χ0) is 23.0. The van der Waals surface area contributed by atoms with Crippen molar-refractivity contribution in [3.8, 4) is 6.07 Å². The maximum absolute atomic E-state index is 11.2. The highest BCUT2D eigenvalue weighted by Gasteiger charge is 2.46. The minimum Gasteiger partial charge on any atom is -0.387 e. The lowest BCUT2D eigenvalue weighted by Crippen LogP contribution is -2.34. The molecule has 0 bridgehead atoms. The topological polar surface area (TPSA) is 196 Å². The van der Waals surface area contributed by atoms with Crippen molar-refractivity contribution in [3.05, 3.63) is 11.5 Å². The molecule has 0 aromatic carbocycles. The number of anilines is 1. The van der Waals surface area contributed by atoms with Crippen molar-refractivity contribution in [1.82, 2.24) is 19.7 Å². The predicted molar refractivity (Wildman–Crippen MR) is 110 cm³/mol. The van der Waals surface area contributed by atoms with Gasteiger partial charge < -0.3 is 34.8 Å². The van der Waals surface area contributed by atoms with Crippen molar-refractivity contribution in [2.75, 3.05) is 11.9 Å². The summed E-state index contributed by atoms with van der Waals surface area (Å²) in [6.45, 7) is -0.540. The molecule has 5 atom stereocenters. The molecule has 0 spiro atoms. The summed E-state index contributed by atoms with van der Waals surface area (Å²) in [7, 11) is -4.83. The minimum atomic E-state index is -4.83. The van der Waals surface area contributed by atoms with Crippen molar-refractivity contribution >= 4 is 36.0 Å². The molecule has 1 unspecified atom stereocenters. The van der Waals surface area contributed by atoms with Crippen LogP contribution in [0.1, 0.15) is 31.9 Å². The van der Waals surface area contributed by atoms with Gasteiger partial charge in [0.1, 0.15) is 30.2 Å². The molecule has 3 heterocycles. The average molecular weight is 489 g/mol. The summed E-state index contributed by atoms with van der Waals surface area (Å²) in [4.78, 5) is 26.6. The Morgan fingerprint density at radius 1 is 1.34 bits per heavy atom. The highest BCUT2D eigenvalue weighted by Crippen LogP contribution is 2.42. The number of ether oxygens (including phenoxy) is 2. The Hall–Kier alpha value is -1.88. The average Bonchev–Trinajstić information content (AvgIpc) is 3.44. The molecule has 4 rings (SSSR count). The summed E-state index contributed by atoms with van der Waals surface area (Å²) in [5, 5.41) is 37.8. The summed E-state index contributed by atoms with van der Waals surface area (Å²) < 4.78 is 23.1. The van der Waals surface area contributed by atoms with Crippen LogP contribution in [0.25, 0.3) is 11.0 Å². The van der Waals surface area contributed by atoms with E-state index >= 15 is 0 Å². The van der Waals surface area contributed by atoms with E-state index in [1.807, 2.05) is 0 Å². The molecule has 2 aromatic rings. The van der Waals surface area contributed by atoms with Gasteiger partial charge in [-0.1, -0.05) is 12.8 Å². The number of fused-ring (bicyclic) bond motifs is 1. The van der Waals surface area contributed by atoms with Crippen LogP contribution < -0.4 is 5.32 Å². The second-order valence-electron chi connectivity index (χ2n) is 7.74. The first-order valence-electron chi connectivity index (χ1n) is 9.94. The van der Waals surface area contributed by atoms with Crippen LogP contribution in [0.2, 0.25) is 5.28 Å². The van der Waals surface area contributed by atoms with E-state index in [1.165, 1.54) is 16.9 Å². The molecule has 0 amide bonds. The van der Waals surface area contributed by atoms with Gasteiger partial charge >= 0.3 is 7.60 Å². The van der Waals surface area contributed by atoms with E-state index in [9.17, 15) is 14.8 Å². The summed E-state index contributed by atoms with van der Waals surface area (Å²) in [6.07, 6.45) is 0.470. The van der Waals surface area contributed by atoms with Crippen LogP contribution in [-0.2, 0) is 14.0 Å². The van der Waals surface area contributed by atoms with Crippen molar-refractivity contribution in [2.24, 2.45) is 0 Å². The molecule has 13 nitrogen and oxygen atoms in total. The molecular formula is C17H22ClN6O7P. The number of hydrogen-bond acceptors (Lipinski definition) is 10. The van der Waals surface area contributed by atoms with Gasteiger partial charge in [0, 0.05) is 6.04 Å². The summed E-state index contributed by atoms with van der Waals surface area (Å²) in [5.41, 5.74) is 0.272. The SMILES string of the molecule is N#CC(OC[C@H]1O[C@@H](n2ncc3c(NC4CCCC4)nc(Cl)nc32)[C@H](O)[C@@H]1O)P(=O)(O)O. The predicted octanol–water partition coefficient (Wildman–Crippen LogP) is 0.497. The highest BCUT2D eigenvalue weighted by atomic mass is 35.5. The number of aliphatic hydroxyl groups excluding tert-OH is 2. The third kappa shape index (κ3) is 4.59. The Morgan fingerprint density at radius 2 is 2.06 bits per heavy atom. The van der Waals surface area contributed by atoms with Gasteiger partial charge in [0.2, 0.25) is 11.1 Å². The van der Waals surface area contributed by atoms with E-state index in [4.69, 9.17) is 36.1 Å². The lowest BCUT2D eigenvalue weighted by Gasteiger charge is -2.18. The van der Waals surface area contributed by atoms with E-state index in [0.29, 0.717) is 11.2 Å². The number of aromatic nitrogens is 4. The normalized spacial score (nSPS) is 27.6. The molecule has 1 saturated carbocycles. The molecule has 174 valence electrons. The standard InChI is InChI=1S/C17H22ClN6O7P/c18-17-22-14(21-8-3-1-2-4-8)9-6-20-24(15(9)23-17)16-13(26)12(25)10(31-16)7-30-11(5-19)32(27,28)29/h6,8,10-13,16,25-26H,1-4,7H2,(H,21,22,23)(H2,27,28,29)/t10-,11?,12-,13-,16-/m1/s1. The second-order valence-corrected chi connectivity index (χ2v) is 9.73. The van der Waals surface area contributed by atoms with Gasteiger partial charge in [0.15, 0.2) is 11.9 Å². The van der Waals surface area contributed by atoms with E-state index in [-0.39, 0.29) is 17.0 Å². The van der Waals surface area contributed by atoms with Gasteiger partial charge in [0.25, 0.3) is 0 Å². The third-order valence-electron chi connectivity index (χ3n) is 5.54. The Bertz CT molecular complexity index is 1070. The second kappa shape index (κ2) is 9.17. The number of hydrogen-bond donors (Lipinski definition) is 5. The Labute approximate surface area is 187 Å². The first-order valence-corrected chi connectivity index (χ1v) is 12.0. The number of halogens is 1. The fourth-order valence-electron chi connectivity index (χ4n) is 3.92. The molecule has 0 radical (unpaired) electrons. The molecule has 2 aliphatic rings. The zero-order valence-corrected chi connectivity index (χ0v) is 18.3. The molecule has 5 N–H and O–H groups in total. The van der Waals surface area contributed by atoms with Crippen LogP contribution >= 0.6 is 19.2 Å². The lowest BCUT2D eigenvalue weighted by molar-refractivity contribution is -0.0710. The van der Waals surface area contributed by atoms with Gasteiger partial charge in [-0.05, 0) is 24.4 Å². The Balaban J connectivity index is 1.55. The smallest absolute Gasteiger partial charge is 0.368 e. The van der Waals surface area contributed by atoms with Crippen molar-refractivity contribution in [3.63, 3.8) is 0 Å². The van der Waals surface area contributed by atoms with E-state index in [2.05, 4.69) is 20.4 Å². The van der Waals surface area contributed by atoms with E-state index < -0.39 is 44.6 Å². The van der Waals surface area contributed by atoms with Crippen LogP contribution in [-0.4, -0.2) is 76.6 Å². The van der Waals surface area contributed by atoms with E-state index in [0.717, 1.165) is 25.7 Å². The largest absolute Gasteiger partial charge is 0.387 e. The zero-order valence-electron chi connectivity index (χ0n) is 16.7. The number of nitrogens with zero attached hydrogens (tertiary/aromatic N) is 5. The van der Waals surface area contributed by atoms with Crippen LogP contribution in [0.15, 0.2) is 6.20 Å². The quantitative estimate of drug-likeness (QED) is 0.267. The summed E-state index contributed by atoms with van der Waals surface area (Å²) in [6, 6.07) is 1.61. The molecule has 15 heteroatoms. The van der Waals surface area contributed by atoms with Crippen molar-refractivity contribution in [1.29, 1.82) is 5.26 Å². The monoisotopic (exact) mass is 488 g/mol. The lowest BCUT2D eigenvalue weighted by atomic mass is 10.1. The third-order valence-corrected chi connectivity index (χ3v) is 6.58. The molecule has 1 aliphatic heterocycles. The number of nitriles is 1. The Kier molecular flexibility index (Phi) is 6.67. The molecule has 1 saturated heterocycles. The molecule has 32 heavy (non-hydrogen) atoms. The summed E-state index contributed by atoms with van der Waals surface area (Å²) in [5.74, 6) is -1.51. The molecule has 2 aromatic heterocycles. The van der Waals surface area contributed by atoms with Crippen LogP contribution in [0.3, 0.4) is 0 Å². The van der Waals surface area contributed by atoms with Crippen LogP contribution in [0.4, 0.5) is 5.82 Å². The van der Waals surface area contributed by atoms with Gasteiger partial charge in [-0.15, -0.1) is 0 Å². The van der Waals surface area contributed by atoms with E-state index in [1.54, 1.807) is 0 Å². The van der Waals surface area contributed by atoms with Gasteiger partial charge in [-0.2, -0.15) is 20.3 Å². The van der Waals surface area contributed by atoms with Gasteiger partial charge in [-0.25, -0.2) is 4.68 Å². The number of rotatable bonds is 7. The maximum Gasteiger partial charge on any atom is 0.368 e. The van der Waals surface area contributed by atoms with Crippen molar-refractivity contribution < 1.29 is 34.0 Å². The summed E-state index contributed by atoms with van der Waals surface area (Å²) >= 11 is 6.10. The van der Waals surface area contributed by atoms with Gasteiger partial charge in [-0.3, -0.25) is 4.57 Å². The molecule has 2 fully saturated rings. The molecular weight excluding hydrogens is 467 g/mol. The number of aliphatic hydroxyl groups is 2. The minimum absolute atomic E-state index is 0.0360. The number of nitrogens with one attached hydrogen (secondary N) is 1. The fraction of sp³-hybridized carbons (Fsp3) is 0.647. The highest BCUT2D eigenvalue weighted by molar-refractivity contribution is 7.52. The Morgan fingerprint density at radius 3 is 2.72 bits per heavy atom. The van der Waals surface area contributed by atoms with Crippen LogP contribution in [0.5, 0.6) is 0 Å². The van der Waals surface area contributed by atoms with Crippen LogP contribution in [0, 0.1) is 11.3 Å². The van der Waals surface area contributed by atoms with Gasteiger partial charge in [0.05, 0.1) is 18.2 Å². The van der Waals surface area contributed by atoms with Crippen molar-refractivity contribution in [2.45, 2.75) is 62.1 Å². The maximum atomic E-state index is 11.2.